The van der Waals surface area contributed by atoms with Crippen molar-refractivity contribution >= 4 is 33.2 Å². The smallest absolute Gasteiger partial charge is 0.239 e. The van der Waals surface area contributed by atoms with E-state index >= 15 is 0 Å². The van der Waals surface area contributed by atoms with Crippen LogP contribution in [0.15, 0.2) is 17.0 Å². The lowest BCUT2D eigenvalue weighted by molar-refractivity contribution is 0.0256. The zero-order valence-electron chi connectivity index (χ0n) is 9.93. The molecule has 0 bridgehead atoms. The van der Waals surface area contributed by atoms with Crippen LogP contribution >= 0.6 is 23.2 Å². The molecule has 0 amide bonds. The summed E-state index contributed by atoms with van der Waals surface area (Å²) in [5.41, 5.74) is 0. The SMILES string of the molecule is NS(=O)(=O)c1ccc(OC2CCOCC2)c(Cl)c1Cl. The van der Waals surface area contributed by atoms with Crippen molar-refractivity contribution < 1.29 is 17.9 Å². The first kappa shape index (κ1) is 14.9. The summed E-state index contributed by atoms with van der Waals surface area (Å²) in [6.45, 7) is 1.26. The van der Waals surface area contributed by atoms with Crippen LogP contribution in [0.5, 0.6) is 5.75 Å². The van der Waals surface area contributed by atoms with Crippen LogP contribution in [0.25, 0.3) is 0 Å². The number of hydrogen-bond donors (Lipinski definition) is 1. The van der Waals surface area contributed by atoms with Crippen molar-refractivity contribution in [1.29, 1.82) is 0 Å². The predicted molar refractivity (Wildman–Crippen MR) is 72.3 cm³/mol. The predicted octanol–water partition coefficient (Wildman–Crippen LogP) is 2.20. The Morgan fingerprint density at radius 2 is 1.84 bits per heavy atom. The highest BCUT2D eigenvalue weighted by Crippen LogP contribution is 2.37. The second-order valence-corrected chi connectivity index (χ2v) is 6.45. The van der Waals surface area contributed by atoms with Gasteiger partial charge in [0.2, 0.25) is 10.0 Å². The molecule has 2 N–H and O–H groups in total. The molecular weight excluding hydrogens is 313 g/mol. The summed E-state index contributed by atoms with van der Waals surface area (Å²) >= 11 is 11.9. The van der Waals surface area contributed by atoms with Crippen molar-refractivity contribution in [3.05, 3.63) is 22.2 Å². The van der Waals surface area contributed by atoms with Crippen molar-refractivity contribution in [3.63, 3.8) is 0 Å². The summed E-state index contributed by atoms with van der Waals surface area (Å²) in [4.78, 5) is -0.210. The number of hydrogen-bond acceptors (Lipinski definition) is 4. The highest BCUT2D eigenvalue weighted by Gasteiger charge is 2.21. The number of sulfonamides is 1. The van der Waals surface area contributed by atoms with Gasteiger partial charge in [-0.25, -0.2) is 13.6 Å². The zero-order chi connectivity index (χ0) is 14.0. The minimum atomic E-state index is -3.90. The van der Waals surface area contributed by atoms with Crippen LogP contribution in [-0.4, -0.2) is 27.7 Å². The van der Waals surface area contributed by atoms with E-state index in [4.69, 9.17) is 37.8 Å². The zero-order valence-corrected chi connectivity index (χ0v) is 12.3. The molecule has 0 saturated carbocycles. The third kappa shape index (κ3) is 3.52. The molecule has 2 rings (SSSR count). The number of nitrogens with two attached hydrogens (primary N) is 1. The van der Waals surface area contributed by atoms with E-state index in [1.165, 1.54) is 12.1 Å². The molecular formula is C11H13Cl2NO4S. The molecule has 1 aliphatic rings. The van der Waals surface area contributed by atoms with Gasteiger partial charge in [-0.05, 0) is 12.1 Å². The van der Waals surface area contributed by atoms with Crippen molar-refractivity contribution in [3.8, 4) is 5.75 Å². The van der Waals surface area contributed by atoms with Crippen molar-refractivity contribution in [2.45, 2.75) is 23.8 Å². The molecule has 5 nitrogen and oxygen atoms in total. The van der Waals surface area contributed by atoms with Crippen LogP contribution in [0.4, 0.5) is 0 Å². The third-order valence-electron chi connectivity index (χ3n) is 2.78. The lowest BCUT2D eigenvalue weighted by Crippen LogP contribution is -2.26. The molecule has 1 heterocycles. The van der Waals surface area contributed by atoms with E-state index in [1.807, 2.05) is 0 Å². The van der Waals surface area contributed by atoms with E-state index in [9.17, 15) is 8.42 Å². The summed E-state index contributed by atoms with van der Waals surface area (Å²) < 4.78 is 33.5. The summed E-state index contributed by atoms with van der Waals surface area (Å²) in [5, 5.41) is 4.97. The number of benzene rings is 1. The van der Waals surface area contributed by atoms with Gasteiger partial charge in [-0.1, -0.05) is 23.2 Å². The first-order chi connectivity index (χ1) is 8.89. The molecule has 0 unspecified atom stereocenters. The van der Waals surface area contributed by atoms with Gasteiger partial charge in [-0.3, -0.25) is 0 Å². The molecule has 0 aliphatic carbocycles. The Morgan fingerprint density at radius 1 is 1.21 bits per heavy atom. The van der Waals surface area contributed by atoms with Crippen LogP contribution in [0.3, 0.4) is 0 Å². The maximum Gasteiger partial charge on any atom is 0.239 e. The van der Waals surface area contributed by atoms with Crippen LogP contribution in [0.1, 0.15) is 12.8 Å². The lowest BCUT2D eigenvalue weighted by atomic mass is 10.1. The monoisotopic (exact) mass is 325 g/mol. The molecule has 106 valence electrons. The summed E-state index contributed by atoms with van der Waals surface area (Å²) in [7, 11) is -3.90. The molecule has 8 heteroatoms. The van der Waals surface area contributed by atoms with E-state index in [0.29, 0.717) is 19.0 Å². The molecule has 1 aromatic rings. The second-order valence-electron chi connectivity index (χ2n) is 4.16. The summed E-state index contributed by atoms with van der Waals surface area (Å²) in [6, 6.07) is 2.75. The van der Waals surface area contributed by atoms with Crippen molar-refractivity contribution in [2.75, 3.05) is 13.2 Å². The maximum absolute atomic E-state index is 11.3. The first-order valence-electron chi connectivity index (χ1n) is 5.65. The Hall–Kier alpha value is -0.530. The Balaban J connectivity index is 2.26. The van der Waals surface area contributed by atoms with E-state index < -0.39 is 10.0 Å². The van der Waals surface area contributed by atoms with Crippen molar-refractivity contribution in [1.82, 2.24) is 0 Å². The largest absolute Gasteiger partial charge is 0.489 e. The Kier molecular flexibility index (Phi) is 4.58. The van der Waals surface area contributed by atoms with Crippen LogP contribution < -0.4 is 9.88 Å². The van der Waals surface area contributed by atoms with Crippen LogP contribution in [0.2, 0.25) is 10.0 Å². The van der Waals surface area contributed by atoms with Gasteiger partial charge < -0.3 is 9.47 Å². The normalized spacial score (nSPS) is 17.4. The number of rotatable bonds is 3. The fraction of sp³-hybridized carbons (Fsp3) is 0.455. The van der Waals surface area contributed by atoms with Gasteiger partial charge in [0.1, 0.15) is 21.8 Å². The fourth-order valence-electron chi connectivity index (χ4n) is 1.80. The van der Waals surface area contributed by atoms with Crippen LogP contribution in [0, 0.1) is 0 Å². The summed E-state index contributed by atoms with van der Waals surface area (Å²) in [6.07, 6.45) is 1.50. The maximum atomic E-state index is 11.3. The highest BCUT2D eigenvalue weighted by molar-refractivity contribution is 7.89. The lowest BCUT2D eigenvalue weighted by Gasteiger charge is -2.24. The van der Waals surface area contributed by atoms with Crippen LogP contribution in [-0.2, 0) is 14.8 Å². The van der Waals surface area contributed by atoms with Crippen molar-refractivity contribution in [2.24, 2.45) is 5.14 Å². The highest BCUT2D eigenvalue weighted by atomic mass is 35.5. The minimum Gasteiger partial charge on any atom is -0.489 e. The van der Waals surface area contributed by atoms with E-state index in [0.717, 1.165) is 12.8 Å². The molecule has 0 aromatic heterocycles. The van der Waals surface area contributed by atoms with E-state index in [2.05, 4.69) is 0 Å². The topological polar surface area (TPSA) is 78.6 Å². The number of halogens is 2. The van der Waals surface area contributed by atoms with Gasteiger partial charge in [0, 0.05) is 12.8 Å². The summed E-state index contributed by atoms with van der Waals surface area (Å²) in [5.74, 6) is 0.353. The molecule has 19 heavy (non-hydrogen) atoms. The van der Waals surface area contributed by atoms with Gasteiger partial charge in [0.25, 0.3) is 0 Å². The third-order valence-corrected chi connectivity index (χ3v) is 4.71. The Morgan fingerprint density at radius 3 is 2.42 bits per heavy atom. The Labute approximate surface area is 121 Å². The second kappa shape index (κ2) is 5.85. The average Bonchev–Trinajstić information content (AvgIpc) is 2.35. The minimum absolute atomic E-state index is 0.0114. The van der Waals surface area contributed by atoms with Gasteiger partial charge >= 0.3 is 0 Å². The molecule has 0 radical (unpaired) electrons. The molecule has 0 spiro atoms. The van der Waals surface area contributed by atoms with Gasteiger partial charge in [-0.2, -0.15) is 0 Å². The number of primary sulfonamides is 1. The Bertz CT molecular complexity index is 570. The van der Waals surface area contributed by atoms with E-state index in [1.54, 1.807) is 0 Å². The quantitative estimate of drug-likeness (QED) is 0.923. The fourth-order valence-corrected chi connectivity index (χ4v) is 3.15. The number of ether oxygens (including phenoxy) is 2. The van der Waals surface area contributed by atoms with Gasteiger partial charge in [-0.15, -0.1) is 0 Å². The van der Waals surface area contributed by atoms with Gasteiger partial charge in [0.15, 0.2) is 0 Å². The molecule has 0 atom stereocenters. The first-order valence-corrected chi connectivity index (χ1v) is 7.95. The standard InChI is InChI=1S/C11H13Cl2NO4S/c12-10-8(18-7-3-5-17-6-4-7)1-2-9(11(10)13)19(14,15)16/h1-2,7H,3-6H2,(H2,14,15,16). The average molecular weight is 326 g/mol. The van der Waals surface area contributed by atoms with E-state index in [-0.39, 0.29) is 21.0 Å². The van der Waals surface area contributed by atoms with Gasteiger partial charge in [0.05, 0.1) is 18.2 Å². The molecule has 1 fully saturated rings. The molecule has 1 aliphatic heterocycles. The molecule has 1 aromatic carbocycles. The molecule has 1 saturated heterocycles.